The number of carboxylic acid groups (broad SMARTS) is 1. The molecule has 0 aliphatic heterocycles. The van der Waals surface area contributed by atoms with Crippen molar-refractivity contribution in [1.82, 2.24) is 5.32 Å². The lowest BCUT2D eigenvalue weighted by atomic mass is 10.0. The van der Waals surface area contributed by atoms with Crippen molar-refractivity contribution in [2.24, 2.45) is 5.92 Å². The minimum atomic E-state index is -0.836. The molecule has 0 fully saturated rings. The number of carboxylic acids is 1. The predicted octanol–water partition coefficient (Wildman–Crippen LogP) is 3.58. The topological polar surface area (TPSA) is 49.3 Å². The van der Waals surface area contributed by atoms with Crippen molar-refractivity contribution < 1.29 is 9.90 Å². The first kappa shape index (κ1) is 15.3. The zero-order valence-electron chi connectivity index (χ0n) is 10.4. The highest BCUT2D eigenvalue weighted by atomic mass is 35.5. The molecule has 0 aliphatic carbocycles. The number of hydrogen-bond donors (Lipinski definition) is 2. The summed E-state index contributed by atoms with van der Waals surface area (Å²) in [6, 6.07) is 4.64. The third-order valence-electron chi connectivity index (χ3n) is 2.48. The third kappa shape index (κ3) is 5.25. The van der Waals surface area contributed by atoms with Crippen molar-refractivity contribution in [2.75, 3.05) is 0 Å². The minimum Gasteiger partial charge on any atom is -0.480 e. The number of rotatable bonds is 6. The van der Waals surface area contributed by atoms with Gasteiger partial charge in [-0.2, -0.15) is 0 Å². The molecule has 0 unspecified atom stereocenters. The summed E-state index contributed by atoms with van der Waals surface area (Å²) in [6.45, 7) is 4.42. The van der Waals surface area contributed by atoms with E-state index in [9.17, 15) is 4.79 Å². The van der Waals surface area contributed by atoms with E-state index in [2.05, 4.69) is 5.32 Å². The quantitative estimate of drug-likeness (QED) is 0.842. The number of carbonyl (C=O) groups is 1. The maximum Gasteiger partial charge on any atom is 0.320 e. The van der Waals surface area contributed by atoms with Crippen LogP contribution in [-0.2, 0) is 11.3 Å². The van der Waals surface area contributed by atoms with Gasteiger partial charge in [-0.1, -0.05) is 37.0 Å². The van der Waals surface area contributed by atoms with Crippen molar-refractivity contribution >= 4 is 29.2 Å². The Morgan fingerprint density at radius 1 is 1.28 bits per heavy atom. The van der Waals surface area contributed by atoms with Crippen LogP contribution < -0.4 is 5.32 Å². The molecule has 18 heavy (non-hydrogen) atoms. The second kappa shape index (κ2) is 6.98. The molecular formula is C13H17Cl2NO2. The van der Waals surface area contributed by atoms with Gasteiger partial charge in [-0.05, 0) is 36.1 Å². The molecule has 0 amide bonds. The zero-order chi connectivity index (χ0) is 13.7. The normalized spacial score (nSPS) is 12.7. The summed E-state index contributed by atoms with van der Waals surface area (Å²) in [5.41, 5.74) is 0.877. The Morgan fingerprint density at radius 3 is 2.28 bits per heavy atom. The van der Waals surface area contributed by atoms with Gasteiger partial charge in [0.05, 0.1) is 0 Å². The SMILES string of the molecule is CC(C)C[C@@H](NCc1cc(Cl)cc(Cl)c1)C(=O)O. The van der Waals surface area contributed by atoms with E-state index >= 15 is 0 Å². The standard InChI is InChI=1S/C13H17Cl2NO2/c1-8(2)3-12(13(17)18)16-7-9-4-10(14)6-11(15)5-9/h4-6,8,12,16H,3,7H2,1-2H3,(H,17,18)/t12-/m1/s1. The third-order valence-corrected chi connectivity index (χ3v) is 2.92. The second-order valence-corrected chi connectivity index (χ2v) is 5.55. The van der Waals surface area contributed by atoms with E-state index in [4.69, 9.17) is 28.3 Å². The van der Waals surface area contributed by atoms with Crippen LogP contribution in [-0.4, -0.2) is 17.1 Å². The number of aliphatic carboxylic acids is 1. The summed E-state index contributed by atoms with van der Waals surface area (Å²) >= 11 is 11.8. The lowest BCUT2D eigenvalue weighted by Gasteiger charge is -2.16. The summed E-state index contributed by atoms with van der Waals surface area (Å²) in [5, 5.41) is 13.2. The van der Waals surface area contributed by atoms with E-state index in [0.717, 1.165) is 5.56 Å². The molecule has 3 nitrogen and oxygen atoms in total. The molecule has 0 aliphatic rings. The average Bonchev–Trinajstić information content (AvgIpc) is 2.21. The van der Waals surface area contributed by atoms with Crippen LogP contribution in [0.5, 0.6) is 0 Å². The molecule has 2 N–H and O–H groups in total. The molecule has 0 saturated heterocycles. The van der Waals surface area contributed by atoms with Crippen molar-refractivity contribution in [3.05, 3.63) is 33.8 Å². The fraction of sp³-hybridized carbons (Fsp3) is 0.462. The van der Waals surface area contributed by atoms with Crippen LogP contribution >= 0.6 is 23.2 Å². The minimum absolute atomic E-state index is 0.321. The van der Waals surface area contributed by atoms with Crippen LogP contribution in [0.4, 0.5) is 0 Å². The van der Waals surface area contributed by atoms with Crippen LogP contribution in [0.2, 0.25) is 10.0 Å². The first-order valence-electron chi connectivity index (χ1n) is 5.79. The summed E-state index contributed by atoms with van der Waals surface area (Å²) in [5.74, 6) is -0.515. The first-order chi connectivity index (χ1) is 8.38. The van der Waals surface area contributed by atoms with E-state index in [-0.39, 0.29) is 0 Å². The van der Waals surface area contributed by atoms with Gasteiger partial charge < -0.3 is 10.4 Å². The molecule has 0 radical (unpaired) electrons. The lowest BCUT2D eigenvalue weighted by molar-refractivity contribution is -0.140. The molecule has 0 spiro atoms. The second-order valence-electron chi connectivity index (χ2n) is 4.68. The molecule has 0 heterocycles. The zero-order valence-corrected chi connectivity index (χ0v) is 11.9. The van der Waals surface area contributed by atoms with Crippen molar-refractivity contribution in [3.63, 3.8) is 0 Å². The smallest absolute Gasteiger partial charge is 0.320 e. The van der Waals surface area contributed by atoms with Gasteiger partial charge in [-0.15, -0.1) is 0 Å². The van der Waals surface area contributed by atoms with Crippen LogP contribution in [0.15, 0.2) is 18.2 Å². The predicted molar refractivity (Wildman–Crippen MR) is 74.2 cm³/mol. The Morgan fingerprint density at radius 2 is 1.83 bits per heavy atom. The van der Waals surface area contributed by atoms with E-state index in [1.54, 1.807) is 18.2 Å². The summed E-state index contributed by atoms with van der Waals surface area (Å²) in [6.07, 6.45) is 0.587. The molecular weight excluding hydrogens is 273 g/mol. The van der Waals surface area contributed by atoms with Gasteiger partial charge in [0.1, 0.15) is 6.04 Å². The summed E-state index contributed by atoms with van der Waals surface area (Å²) in [4.78, 5) is 11.1. The summed E-state index contributed by atoms with van der Waals surface area (Å²) in [7, 11) is 0. The van der Waals surface area contributed by atoms with Gasteiger partial charge in [-0.3, -0.25) is 4.79 Å². The maximum atomic E-state index is 11.1. The van der Waals surface area contributed by atoms with Crippen molar-refractivity contribution in [2.45, 2.75) is 32.9 Å². The fourth-order valence-corrected chi connectivity index (χ4v) is 2.27. The molecule has 1 rings (SSSR count). The Hall–Kier alpha value is -0.770. The number of benzene rings is 1. The molecule has 0 saturated carbocycles. The van der Waals surface area contributed by atoms with E-state index in [1.165, 1.54) is 0 Å². The molecule has 1 atom stereocenters. The molecule has 0 bridgehead atoms. The molecule has 0 aromatic heterocycles. The Kier molecular flexibility index (Phi) is 5.93. The molecule has 5 heteroatoms. The Labute approximate surface area is 117 Å². The largest absolute Gasteiger partial charge is 0.480 e. The van der Waals surface area contributed by atoms with Crippen LogP contribution in [0.25, 0.3) is 0 Å². The highest BCUT2D eigenvalue weighted by molar-refractivity contribution is 6.34. The highest BCUT2D eigenvalue weighted by Crippen LogP contribution is 2.19. The average molecular weight is 290 g/mol. The summed E-state index contributed by atoms with van der Waals surface area (Å²) < 4.78 is 0. The van der Waals surface area contributed by atoms with Crippen LogP contribution in [0.3, 0.4) is 0 Å². The Balaban J connectivity index is 2.63. The van der Waals surface area contributed by atoms with E-state index in [1.807, 2.05) is 13.8 Å². The van der Waals surface area contributed by atoms with Gasteiger partial charge in [0.15, 0.2) is 0 Å². The molecule has 100 valence electrons. The highest BCUT2D eigenvalue weighted by Gasteiger charge is 2.17. The molecule has 1 aromatic rings. The van der Waals surface area contributed by atoms with Crippen LogP contribution in [0.1, 0.15) is 25.8 Å². The monoisotopic (exact) mass is 289 g/mol. The Bertz CT molecular complexity index is 401. The number of nitrogens with one attached hydrogen (secondary N) is 1. The van der Waals surface area contributed by atoms with Crippen molar-refractivity contribution in [3.8, 4) is 0 Å². The van der Waals surface area contributed by atoms with Gasteiger partial charge in [-0.25, -0.2) is 0 Å². The van der Waals surface area contributed by atoms with Gasteiger partial charge in [0.2, 0.25) is 0 Å². The van der Waals surface area contributed by atoms with Gasteiger partial charge >= 0.3 is 5.97 Å². The lowest BCUT2D eigenvalue weighted by Crippen LogP contribution is -2.37. The maximum absolute atomic E-state index is 11.1. The van der Waals surface area contributed by atoms with Crippen molar-refractivity contribution in [1.29, 1.82) is 0 Å². The van der Waals surface area contributed by atoms with Crippen LogP contribution in [0, 0.1) is 5.92 Å². The van der Waals surface area contributed by atoms with Gasteiger partial charge in [0.25, 0.3) is 0 Å². The molecule has 1 aromatic carbocycles. The first-order valence-corrected chi connectivity index (χ1v) is 6.55. The number of halogens is 2. The van der Waals surface area contributed by atoms with E-state index < -0.39 is 12.0 Å². The van der Waals surface area contributed by atoms with Gasteiger partial charge in [0, 0.05) is 16.6 Å². The fourth-order valence-electron chi connectivity index (χ4n) is 1.70. The number of hydrogen-bond acceptors (Lipinski definition) is 2. The van der Waals surface area contributed by atoms with E-state index in [0.29, 0.717) is 28.9 Å².